The minimum Gasteiger partial charge on any atom is -0.463 e. The standard InChI is InChI=1S/C13H21N3O3S/c1-9(2)12(17)19-8-10(18-3)4-6-16-7-5-11(14)15-13(16)20/h5,7,9-10H,4,6,8H2,1-3H3,(H2,14,15,20). The number of carbonyl (C=O) groups excluding carboxylic acids is 1. The molecule has 1 atom stereocenters. The molecule has 1 rings (SSSR count). The molecule has 6 nitrogen and oxygen atoms in total. The Morgan fingerprint density at radius 2 is 2.25 bits per heavy atom. The van der Waals surface area contributed by atoms with Gasteiger partial charge in [0.15, 0.2) is 0 Å². The lowest BCUT2D eigenvalue weighted by molar-refractivity contribution is -0.151. The first-order chi connectivity index (χ1) is 9.43. The van der Waals surface area contributed by atoms with Gasteiger partial charge in [-0.15, -0.1) is 0 Å². The Bertz CT molecular complexity index is 502. The molecule has 0 aromatic carbocycles. The van der Waals surface area contributed by atoms with Crippen molar-refractivity contribution in [2.75, 3.05) is 19.5 Å². The molecule has 7 heteroatoms. The van der Waals surface area contributed by atoms with Crippen molar-refractivity contribution in [2.45, 2.75) is 32.9 Å². The number of hydrogen-bond donors (Lipinski definition) is 1. The molecular weight excluding hydrogens is 278 g/mol. The molecule has 1 aromatic heterocycles. The number of nitrogens with two attached hydrogens (primary N) is 1. The van der Waals surface area contributed by atoms with Gasteiger partial charge in [-0.05, 0) is 24.7 Å². The maximum absolute atomic E-state index is 11.4. The number of esters is 1. The Kier molecular flexibility index (Phi) is 6.60. The van der Waals surface area contributed by atoms with Crippen LogP contribution in [0, 0.1) is 10.7 Å². The van der Waals surface area contributed by atoms with Crippen LogP contribution in [0.15, 0.2) is 12.3 Å². The summed E-state index contributed by atoms with van der Waals surface area (Å²) in [6.45, 7) is 4.46. The van der Waals surface area contributed by atoms with Crippen LogP contribution < -0.4 is 5.73 Å². The summed E-state index contributed by atoms with van der Waals surface area (Å²) in [5, 5.41) is 0. The van der Waals surface area contributed by atoms with E-state index in [0.717, 1.165) is 0 Å². The Hall–Kier alpha value is -1.47. The number of carbonyl (C=O) groups is 1. The van der Waals surface area contributed by atoms with Crippen LogP contribution in [0.25, 0.3) is 0 Å². The second-order valence-electron chi connectivity index (χ2n) is 4.76. The molecule has 1 heterocycles. The number of nitrogen functional groups attached to an aromatic ring is 1. The Balaban J connectivity index is 2.49. The molecule has 0 radical (unpaired) electrons. The van der Waals surface area contributed by atoms with E-state index in [9.17, 15) is 4.79 Å². The summed E-state index contributed by atoms with van der Waals surface area (Å²) in [5.41, 5.74) is 5.55. The highest BCUT2D eigenvalue weighted by atomic mass is 32.1. The van der Waals surface area contributed by atoms with E-state index in [4.69, 9.17) is 27.4 Å². The molecule has 1 unspecified atom stereocenters. The summed E-state index contributed by atoms with van der Waals surface area (Å²) in [6, 6.07) is 1.69. The van der Waals surface area contributed by atoms with E-state index >= 15 is 0 Å². The number of rotatable bonds is 7. The van der Waals surface area contributed by atoms with E-state index in [-0.39, 0.29) is 24.6 Å². The molecule has 0 spiro atoms. The van der Waals surface area contributed by atoms with E-state index in [1.54, 1.807) is 33.2 Å². The lowest BCUT2D eigenvalue weighted by Gasteiger charge is -2.17. The molecule has 1 aromatic rings. The number of methoxy groups -OCH3 is 1. The molecular formula is C13H21N3O3S. The van der Waals surface area contributed by atoms with Crippen LogP contribution in [-0.4, -0.2) is 35.3 Å². The molecule has 0 aliphatic carbocycles. The van der Waals surface area contributed by atoms with Gasteiger partial charge >= 0.3 is 5.97 Å². The predicted molar refractivity (Wildman–Crippen MR) is 78.7 cm³/mol. The zero-order valence-corrected chi connectivity index (χ0v) is 12.9. The van der Waals surface area contributed by atoms with Crippen LogP contribution in [0.4, 0.5) is 5.82 Å². The van der Waals surface area contributed by atoms with Crippen LogP contribution in [0.3, 0.4) is 0 Å². The first-order valence-electron chi connectivity index (χ1n) is 6.46. The third-order valence-corrected chi connectivity index (χ3v) is 3.13. The Morgan fingerprint density at radius 3 is 2.80 bits per heavy atom. The normalized spacial score (nSPS) is 12.4. The third-order valence-electron chi connectivity index (χ3n) is 2.80. The van der Waals surface area contributed by atoms with Crippen LogP contribution >= 0.6 is 12.2 Å². The fraction of sp³-hybridized carbons (Fsp3) is 0.615. The molecule has 0 fully saturated rings. The monoisotopic (exact) mass is 299 g/mol. The average molecular weight is 299 g/mol. The summed E-state index contributed by atoms with van der Waals surface area (Å²) in [4.78, 5) is 15.4. The molecule has 20 heavy (non-hydrogen) atoms. The van der Waals surface area contributed by atoms with E-state index in [2.05, 4.69) is 4.98 Å². The zero-order valence-electron chi connectivity index (χ0n) is 12.0. The number of nitrogens with zero attached hydrogens (tertiary/aromatic N) is 2. The smallest absolute Gasteiger partial charge is 0.308 e. The molecule has 0 bridgehead atoms. The topological polar surface area (TPSA) is 79.4 Å². The van der Waals surface area contributed by atoms with Crippen molar-refractivity contribution in [1.82, 2.24) is 9.55 Å². The Labute approximate surface area is 123 Å². The second kappa shape index (κ2) is 7.96. The molecule has 112 valence electrons. The number of aryl methyl sites for hydroxylation is 1. The predicted octanol–water partition coefficient (Wildman–Crippen LogP) is 1.80. The van der Waals surface area contributed by atoms with Crippen LogP contribution in [0.1, 0.15) is 20.3 Å². The van der Waals surface area contributed by atoms with Crippen LogP contribution in [0.5, 0.6) is 0 Å². The maximum Gasteiger partial charge on any atom is 0.308 e. The molecule has 0 amide bonds. The van der Waals surface area contributed by atoms with Gasteiger partial charge in [0.1, 0.15) is 12.4 Å². The minimum absolute atomic E-state index is 0.137. The summed E-state index contributed by atoms with van der Waals surface area (Å²) in [6.07, 6.45) is 2.29. The van der Waals surface area contributed by atoms with Crippen molar-refractivity contribution in [1.29, 1.82) is 0 Å². The van der Waals surface area contributed by atoms with Crippen molar-refractivity contribution in [3.8, 4) is 0 Å². The number of anilines is 1. The lowest BCUT2D eigenvalue weighted by atomic mass is 10.2. The second-order valence-corrected chi connectivity index (χ2v) is 5.12. The first-order valence-corrected chi connectivity index (χ1v) is 6.87. The van der Waals surface area contributed by atoms with Gasteiger partial charge in [0.25, 0.3) is 0 Å². The van der Waals surface area contributed by atoms with E-state index in [1.807, 2.05) is 4.57 Å². The average Bonchev–Trinajstić information content (AvgIpc) is 2.40. The highest BCUT2D eigenvalue weighted by molar-refractivity contribution is 7.71. The molecule has 0 saturated heterocycles. The van der Waals surface area contributed by atoms with Crippen LogP contribution in [-0.2, 0) is 20.8 Å². The summed E-state index contributed by atoms with van der Waals surface area (Å²) in [7, 11) is 1.59. The van der Waals surface area contributed by atoms with Gasteiger partial charge in [-0.1, -0.05) is 13.8 Å². The van der Waals surface area contributed by atoms with Crippen molar-refractivity contribution in [2.24, 2.45) is 5.92 Å². The van der Waals surface area contributed by atoms with E-state index in [0.29, 0.717) is 23.6 Å². The van der Waals surface area contributed by atoms with Gasteiger partial charge in [0, 0.05) is 19.9 Å². The fourth-order valence-electron chi connectivity index (χ4n) is 1.51. The summed E-state index contributed by atoms with van der Waals surface area (Å²) in [5.74, 6) is 0.0423. The van der Waals surface area contributed by atoms with Gasteiger partial charge in [0.05, 0.1) is 12.0 Å². The first kappa shape index (κ1) is 16.6. The third kappa shape index (κ3) is 5.26. The van der Waals surface area contributed by atoms with Gasteiger partial charge in [0.2, 0.25) is 4.77 Å². The quantitative estimate of drug-likeness (QED) is 0.611. The SMILES string of the molecule is COC(CCn1ccc(N)nc1=S)COC(=O)C(C)C. The number of hydrogen-bond acceptors (Lipinski definition) is 6. The largest absolute Gasteiger partial charge is 0.463 e. The van der Waals surface area contributed by atoms with Crippen molar-refractivity contribution in [3.05, 3.63) is 17.0 Å². The fourth-order valence-corrected chi connectivity index (χ4v) is 1.76. The van der Waals surface area contributed by atoms with Crippen molar-refractivity contribution < 1.29 is 14.3 Å². The highest BCUT2D eigenvalue weighted by Gasteiger charge is 2.13. The number of ether oxygens (including phenoxy) is 2. The van der Waals surface area contributed by atoms with Gasteiger partial charge in [-0.2, -0.15) is 0 Å². The lowest BCUT2D eigenvalue weighted by Crippen LogP contribution is -2.24. The molecule has 2 N–H and O–H groups in total. The van der Waals surface area contributed by atoms with Crippen molar-refractivity contribution in [3.63, 3.8) is 0 Å². The van der Waals surface area contributed by atoms with E-state index < -0.39 is 0 Å². The minimum atomic E-state index is -0.224. The zero-order chi connectivity index (χ0) is 15.1. The molecule has 0 saturated carbocycles. The van der Waals surface area contributed by atoms with Crippen LogP contribution in [0.2, 0.25) is 0 Å². The van der Waals surface area contributed by atoms with Gasteiger partial charge in [-0.3, -0.25) is 4.79 Å². The maximum atomic E-state index is 11.4. The Morgan fingerprint density at radius 1 is 1.55 bits per heavy atom. The van der Waals surface area contributed by atoms with Gasteiger partial charge < -0.3 is 19.8 Å². The van der Waals surface area contributed by atoms with Gasteiger partial charge in [-0.25, -0.2) is 4.98 Å². The van der Waals surface area contributed by atoms with E-state index in [1.165, 1.54) is 0 Å². The number of aromatic nitrogens is 2. The highest BCUT2D eigenvalue weighted by Crippen LogP contribution is 2.05. The summed E-state index contributed by atoms with van der Waals surface area (Å²) < 4.78 is 12.7. The molecule has 0 aliphatic rings. The molecule has 0 aliphatic heterocycles. The summed E-state index contributed by atoms with van der Waals surface area (Å²) >= 11 is 5.11. The van der Waals surface area contributed by atoms with Crippen molar-refractivity contribution >= 4 is 24.0 Å².